The van der Waals surface area contributed by atoms with E-state index in [0.29, 0.717) is 11.9 Å². The Hall–Kier alpha value is -1.10. The van der Waals surface area contributed by atoms with Crippen LogP contribution in [0.2, 0.25) is 0 Å². The summed E-state index contributed by atoms with van der Waals surface area (Å²) in [6, 6.07) is 11.0. The van der Waals surface area contributed by atoms with Crippen LogP contribution in [0.1, 0.15) is 18.4 Å². The number of halogens is 1. The molecular weight excluding hydrogens is 298 g/mol. The van der Waals surface area contributed by atoms with Gasteiger partial charge in [-0.1, -0.05) is 30.3 Å². The number of nitrogens with one attached hydrogen (secondary N) is 1. The van der Waals surface area contributed by atoms with Gasteiger partial charge in [0.15, 0.2) is 0 Å². The van der Waals surface area contributed by atoms with Gasteiger partial charge in [-0.15, -0.1) is 12.4 Å². The number of likely N-dealkylation sites (N-methyl/N-ethyl adjacent to an activating group) is 1. The van der Waals surface area contributed by atoms with Crippen molar-refractivity contribution in [3.8, 4) is 0 Å². The highest BCUT2D eigenvalue weighted by molar-refractivity contribution is 5.85. The molecule has 1 aromatic carbocycles. The Kier molecular flexibility index (Phi) is 6.24. The van der Waals surface area contributed by atoms with E-state index in [1.165, 1.54) is 5.56 Å². The fourth-order valence-corrected chi connectivity index (χ4v) is 3.45. The summed E-state index contributed by atoms with van der Waals surface area (Å²) in [5.74, 6) is 0.518. The number of nitrogens with zero attached hydrogens (tertiary/aromatic N) is 2. The second-order valence-electron chi connectivity index (χ2n) is 6.30. The molecule has 1 amide bonds. The van der Waals surface area contributed by atoms with E-state index in [2.05, 4.69) is 40.5 Å². The van der Waals surface area contributed by atoms with Crippen molar-refractivity contribution in [1.82, 2.24) is 15.1 Å². The zero-order valence-electron chi connectivity index (χ0n) is 13.2. The lowest BCUT2D eigenvalue weighted by Crippen LogP contribution is -2.42. The number of benzene rings is 1. The standard InChI is InChI=1S/C17H25N3O.ClH/c1-19(17(21)15-7-9-18-11-15)16-8-10-20(13-16)12-14-5-3-2-4-6-14;/h2-6,15-16,18H,7-13H2,1H3;1H. The summed E-state index contributed by atoms with van der Waals surface area (Å²) in [4.78, 5) is 16.9. The molecule has 0 aromatic heterocycles. The normalized spacial score (nSPS) is 25.0. The Bertz CT molecular complexity index is 476. The fourth-order valence-electron chi connectivity index (χ4n) is 3.45. The van der Waals surface area contributed by atoms with Crippen LogP contribution in [-0.2, 0) is 11.3 Å². The van der Waals surface area contributed by atoms with Crippen molar-refractivity contribution >= 4 is 18.3 Å². The lowest BCUT2D eigenvalue weighted by atomic mass is 10.1. The minimum absolute atomic E-state index is 0. The van der Waals surface area contributed by atoms with Crippen LogP contribution >= 0.6 is 12.4 Å². The van der Waals surface area contributed by atoms with Crippen molar-refractivity contribution in [3.63, 3.8) is 0 Å². The molecule has 2 aliphatic rings. The van der Waals surface area contributed by atoms with Crippen LogP contribution in [0.15, 0.2) is 30.3 Å². The summed E-state index contributed by atoms with van der Waals surface area (Å²) in [7, 11) is 1.98. The van der Waals surface area contributed by atoms with Gasteiger partial charge in [0.05, 0.1) is 5.92 Å². The third-order valence-electron chi connectivity index (χ3n) is 4.80. The molecule has 122 valence electrons. The Morgan fingerprint density at radius 3 is 2.77 bits per heavy atom. The second kappa shape index (κ2) is 7.95. The first-order chi connectivity index (χ1) is 10.2. The highest BCUT2D eigenvalue weighted by Gasteiger charge is 2.32. The van der Waals surface area contributed by atoms with Gasteiger partial charge in [0, 0.05) is 39.3 Å². The molecule has 0 bridgehead atoms. The van der Waals surface area contributed by atoms with Crippen LogP contribution in [0.5, 0.6) is 0 Å². The number of rotatable bonds is 4. The summed E-state index contributed by atoms with van der Waals surface area (Å²) in [6.07, 6.45) is 2.08. The molecule has 0 radical (unpaired) electrons. The molecule has 4 nitrogen and oxygen atoms in total. The minimum atomic E-state index is 0. The summed E-state index contributed by atoms with van der Waals surface area (Å²) < 4.78 is 0. The van der Waals surface area contributed by atoms with E-state index in [1.54, 1.807) is 0 Å². The Morgan fingerprint density at radius 2 is 2.09 bits per heavy atom. The quantitative estimate of drug-likeness (QED) is 0.917. The number of hydrogen-bond acceptors (Lipinski definition) is 3. The van der Waals surface area contributed by atoms with Crippen LogP contribution in [0.3, 0.4) is 0 Å². The van der Waals surface area contributed by atoms with Gasteiger partial charge in [-0.3, -0.25) is 9.69 Å². The van der Waals surface area contributed by atoms with E-state index in [-0.39, 0.29) is 18.3 Å². The number of likely N-dealkylation sites (tertiary alicyclic amines) is 1. The van der Waals surface area contributed by atoms with Crippen molar-refractivity contribution in [2.24, 2.45) is 5.92 Å². The molecule has 2 atom stereocenters. The topological polar surface area (TPSA) is 35.6 Å². The predicted octanol–water partition coefficient (Wildman–Crippen LogP) is 1.75. The maximum atomic E-state index is 12.5. The van der Waals surface area contributed by atoms with E-state index in [0.717, 1.165) is 45.6 Å². The van der Waals surface area contributed by atoms with E-state index in [9.17, 15) is 4.79 Å². The van der Waals surface area contributed by atoms with Gasteiger partial charge in [-0.2, -0.15) is 0 Å². The van der Waals surface area contributed by atoms with Crippen molar-refractivity contribution in [3.05, 3.63) is 35.9 Å². The van der Waals surface area contributed by atoms with Gasteiger partial charge in [-0.25, -0.2) is 0 Å². The average molecular weight is 324 g/mol. The molecule has 1 N–H and O–H groups in total. The third kappa shape index (κ3) is 4.00. The summed E-state index contributed by atoms with van der Waals surface area (Å²) in [6.45, 7) is 4.90. The predicted molar refractivity (Wildman–Crippen MR) is 91.1 cm³/mol. The summed E-state index contributed by atoms with van der Waals surface area (Å²) in [5.41, 5.74) is 1.35. The van der Waals surface area contributed by atoms with Crippen molar-refractivity contribution in [2.45, 2.75) is 25.4 Å². The van der Waals surface area contributed by atoms with Crippen LogP contribution in [-0.4, -0.2) is 55.0 Å². The molecule has 0 aliphatic carbocycles. The molecule has 3 rings (SSSR count). The van der Waals surface area contributed by atoms with Gasteiger partial charge in [-0.05, 0) is 24.9 Å². The molecule has 5 heteroatoms. The molecule has 2 fully saturated rings. The summed E-state index contributed by atoms with van der Waals surface area (Å²) in [5, 5.41) is 3.28. The number of carbonyl (C=O) groups excluding carboxylic acids is 1. The highest BCUT2D eigenvalue weighted by Crippen LogP contribution is 2.20. The first kappa shape index (κ1) is 17.3. The molecular formula is C17H26ClN3O. The zero-order valence-corrected chi connectivity index (χ0v) is 14.0. The van der Waals surface area contributed by atoms with Crippen LogP contribution < -0.4 is 5.32 Å². The van der Waals surface area contributed by atoms with E-state index in [4.69, 9.17) is 0 Å². The Morgan fingerprint density at radius 1 is 1.32 bits per heavy atom. The van der Waals surface area contributed by atoms with Crippen molar-refractivity contribution in [1.29, 1.82) is 0 Å². The monoisotopic (exact) mass is 323 g/mol. The van der Waals surface area contributed by atoms with Crippen LogP contribution in [0.4, 0.5) is 0 Å². The van der Waals surface area contributed by atoms with Crippen LogP contribution in [0, 0.1) is 5.92 Å². The molecule has 1 aromatic rings. The van der Waals surface area contributed by atoms with Crippen LogP contribution in [0.25, 0.3) is 0 Å². The smallest absolute Gasteiger partial charge is 0.227 e. The number of amides is 1. The maximum absolute atomic E-state index is 12.5. The lowest BCUT2D eigenvalue weighted by molar-refractivity contribution is -0.135. The van der Waals surface area contributed by atoms with E-state index < -0.39 is 0 Å². The largest absolute Gasteiger partial charge is 0.341 e. The maximum Gasteiger partial charge on any atom is 0.227 e. The third-order valence-corrected chi connectivity index (χ3v) is 4.80. The molecule has 0 spiro atoms. The lowest BCUT2D eigenvalue weighted by Gasteiger charge is -2.27. The Labute approximate surface area is 139 Å². The second-order valence-corrected chi connectivity index (χ2v) is 6.30. The Balaban J connectivity index is 0.00000176. The first-order valence-electron chi connectivity index (χ1n) is 7.97. The first-order valence-corrected chi connectivity index (χ1v) is 7.97. The SMILES string of the molecule is CN(C(=O)C1CCNC1)C1CCN(Cc2ccccc2)C1.Cl. The van der Waals surface area contributed by atoms with Gasteiger partial charge in [0.2, 0.25) is 5.91 Å². The van der Waals surface area contributed by atoms with E-state index >= 15 is 0 Å². The number of carbonyl (C=O) groups is 1. The zero-order chi connectivity index (χ0) is 14.7. The van der Waals surface area contributed by atoms with Gasteiger partial charge in [0.25, 0.3) is 0 Å². The minimum Gasteiger partial charge on any atom is -0.341 e. The van der Waals surface area contributed by atoms with Crippen molar-refractivity contribution in [2.75, 3.05) is 33.2 Å². The molecule has 0 saturated carbocycles. The van der Waals surface area contributed by atoms with Gasteiger partial charge >= 0.3 is 0 Å². The van der Waals surface area contributed by atoms with Gasteiger partial charge < -0.3 is 10.2 Å². The molecule has 2 aliphatic heterocycles. The van der Waals surface area contributed by atoms with Crippen molar-refractivity contribution < 1.29 is 4.79 Å². The highest BCUT2D eigenvalue weighted by atomic mass is 35.5. The summed E-state index contributed by atoms with van der Waals surface area (Å²) >= 11 is 0. The molecule has 2 saturated heterocycles. The molecule has 2 heterocycles. The molecule has 2 unspecified atom stereocenters. The fraction of sp³-hybridized carbons (Fsp3) is 0.588. The number of hydrogen-bond donors (Lipinski definition) is 1. The molecule has 22 heavy (non-hydrogen) atoms. The van der Waals surface area contributed by atoms with E-state index in [1.807, 2.05) is 11.9 Å². The average Bonchev–Trinajstić information content (AvgIpc) is 3.18. The van der Waals surface area contributed by atoms with Gasteiger partial charge in [0.1, 0.15) is 0 Å².